The molecule has 0 aliphatic carbocycles. The molecule has 0 bridgehead atoms. The molecule has 0 spiro atoms. The normalized spacial score (nSPS) is 12.3. The summed E-state index contributed by atoms with van der Waals surface area (Å²) < 4.78 is 20.3. The lowest BCUT2D eigenvalue weighted by Crippen LogP contribution is -2.03. The largest absolute Gasteiger partial charge is 0.496 e. The van der Waals surface area contributed by atoms with Gasteiger partial charge in [0.1, 0.15) is 17.7 Å². The Bertz CT molecular complexity index is 602. The Morgan fingerprint density at radius 2 is 1.89 bits per heavy atom. The SMILES string of the molecule is COc1ccc(C(O)c2ccc(Br)cc2F)cc1Br. The van der Waals surface area contributed by atoms with Crippen LogP contribution in [0.2, 0.25) is 0 Å². The summed E-state index contributed by atoms with van der Waals surface area (Å²) >= 11 is 6.53. The van der Waals surface area contributed by atoms with Crippen molar-refractivity contribution in [3.8, 4) is 5.75 Å². The number of ether oxygens (including phenoxy) is 1. The van der Waals surface area contributed by atoms with Crippen LogP contribution in [-0.2, 0) is 0 Å². The van der Waals surface area contributed by atoms with Gasteiger partial charge in [0.05, 0.1) is 11.6 Å². The average molecular weight is 390 g/mol. The van der Waals surface area contributed by atoms with Gasteiger partial charge in [0.15, 0.2) is 0 Å². The maximum absolute atomic E-state index is 13.8. The summed E-state index contributed by atoms with van der Waals surface area (Å²) in [5.41, 5.74) is 0.828. The van der Waals surface area contributed by atoms with E-state index < -0.39 is 11.9 Å². The number of methoxy groups -OCH3 is 1. The Morgan fingerprint density at radius 3 is 2.47 bits per heavy atom. The quantitative estimate of drug-likeness (QED) is 0.840. The molecule has 100 valence electrons. The van der Waals surface area contributed by atoms with Crippen molar-refractivity contribution >= 4 is 31.9 Å². The monoisotopic (exact) mass is 388 g/mol. The van der Waals surface area contributed by atoms with E-state index >= 15 is 0 Å². The summed E-state index contributed by atoms with van der Waals surface area (Å²) in [6.45, 7) is 0. The van der Waals surface area contributed by atoms with Gasteiger partial charge in [0, 0.05) is 10.0 Å². The first-order valence-corrected chi connectivity index (χ1v) is 7.08. The third-order valence-corrected chi connectivity index (χ3v) is 3.86. The predicted octanol–water partition coefficient (Wildman–Crippen LogP) is 4.44. The molecule has 0 aliphatic rings. The molecule has 1 unspecified atom stereocenters. The van der Waals surface area contributed by atoms with Gasteiger partial charge >= 0.3 is 0 Å². The third kappa shape index (κ3) is 3.16. The van der Waals surface area contributed by atoms with Crippen molar-refractivity contribution in [3.05, 3.63) is 62.3 Å². The van der Waals surface area contributed by atoms with Crippen LogP contribution in [0.1, 0.15) is 17.2 Å². The van der Waals surface area contributed by atoms with Crippen LogP contribution < -0.4 is 4.74 Å². The van der Waals surface area contributed by atoms with Gasteiger partial charge in [-0.1, -0.05) is 28.1 Å². The van der Waals surface area contributed by atoms with Crippen molar-refractivity contribution in [2.45, 2.75) is 6.10 Å². The van der Waals surface area contributed by atoms with Crippen molar-refractivity contribution in [1.29, 1.82) is 0 Å². The van der Waals surface area contributed by atoms with E-state index in [4.69, 9.17) is 4.74 Å². The molecule has 2 aromatic carbocycles. The molecule has 1 N–H and O–H groups in total. The number of aliphatic hydroxyl groups excluding tert-OH is 1. The summed E-state index contributed by atoms with van der Waals surface area (Å²) in [4.78, 5) is 0. The number of benzene rings is 2. The number of hydrogen-bond acceptors (Lipinski definition) is 2. The van der Waals surface area contributed by atoms with E-state index in [2.05, 4.69) is 31.9 Å². The Balaban J connectivity index is 2.38. The number of rotatable bonds is 3. The molecule has 0 saturated carbocycles. The van der Waals surface area contributed by atoms with E-state index in [-0.39, 0.29) is 5.56 Å². The first-order valence-electron chi connectivity index (χ1n) is 5.49. The fourth-order valence-electron chi connectivity index (χ4n) is 1.76. The van der Waals surface area contributed by atoms with Gasteiger partial charge in [-0.25, -0.2) is 4.39 Å². The van der Waals surface area contributed by atoms with E-state index in [1.807, 2.05) is 0 Å². The molecular formula is C14H11Br2FO2. The maximum Gasteiger partial charge on any atom is 0.133 e. The van der Waals surface area contributed by atoms with Crippen molar-refractivity contribution in [1.82, 2.24) is 0 Å². The second kappa shape index (κ2) is 6.03. The maximum atomic E-state index is 13.8. The lowest BCUT2D eigenvalue weighted by Gasteiger charge is -2.14. The first-order chi connectivity index (χ1) is 9.02. The Hall–Kier alpha value is -0.910. The minimum absolute atomic E-state index is 0.236. The van der Waals surface area contributed by atoms with Crippen LogP contribution in [0.4, 0.5) is 4.39 Å². The zero-order valence-corrected chi connectivity index (χ0v) is 13.2. The van der Waals surface area contributed by atoms with Crippen LogP contribution in [-0.4, -0.2) is 12.2 Å². The fourth-order valence-corrected chi connectivity index (χ4v) is 2.65. The van der Waals surface area contributed by atoms with Gasteiger partial charge in [-0.3, -0.25) is 0 Å². The van der Waals surface area contributed by atoms with Gasteiger partial charge in [-0.2, -0.15) is 0 Å². The Kier molecular flexibility index (Phi) is 4.60. The molecule has 0 amide bonds. The summed E-state index contributed by atoms with van der Waals surface area (Å²) in [5.74, 6) is 0.209. The van der Waals surface area contributed by atoms with Gasteiger partial charge in [0.25, 0.3) is 0 Å². The highest BCUT2D eigenvalue weighted by Gasteiger charge is 2.16. The Labute approximate surface area is 127 Å². The van der Waals surface area contributed by atoms with Crippen LogP contribution in [0, 0.1) is 5.82 Å². The molecule has 0 fully saturated rings. The molecule has 0 aliphatic heterocycles. The van der Waals surface area contributed by atoms with E-state index in [0.29, 0.717) is 20.3 Å². The molecule has 0 saturated heterocycles. The van der Waals surface area contributed by atoms with Crippen LogP contribution >= 0.6 is 31.9 Å². The summed E-state index contributed by atoms with van der Waals surface area (Å²) in [6, 6.07) is 9.72. The Morgan fingerprint density at radius 1 is 1.16 bits per heavy atom. The van der Waals surface area contributed by atoms with Crippen LogP contribution in [0.3, 0.4) is 0 Å². The van der Waals surface area contributed by atoms with E-state index in [9.17, 15) is 9.50 Å². The highest BCUT2D eigenvalue weighted by molar-refractivity contribution is 9.10. The van der Waals surface area contributed by atoms with Crippen molar-refractivity contribution in [2.75, 3.05) is 7.11 Å². The molecule has 2 aromatic rings. The van der Waals surface area contributed by atoms with Crippen LogP contribution in [0.25, 0.3) is 0 Å². The molecule has 1 atom stereocenters. The molecule has 19 heavy (non-hydrogen) atoms. The summed E-state index contributed by atoms with van der Waals surface area (Å²) in [5, 5.41) is 10.2. The number of halogens is 3. The minimum Gasteiger partial charge on any atom is -0.496 e. The average Bonchev–Trinajstić information content (AvgIpc) is 2.38. The van der Waals surface area contributed by atoms with Gasteiger partial charge in [-0.15, -0.1) is 0 Å². The van der Waals surface area contributed by atoms with E-state index in [1.165, 1.54) is 6.07 Å². The lowest BCUT2D eigenvalue weighted by atomic mass is 10.0. The summed E-state index contributed by atoms with van der Waals surface area (Å²) in [7, 11) is 1.56. The van der Waals surface area contributed by atoms with Gasteiger partial charge in [0.2, 0.25) is 0 Å². The molecule has 2 rings (SSSR count). The van der Waals surface area contributed by atoms with E-state index in [1.54, 1.807) is 37.4 Å². The highest BCUT2D eigenvalue weighted by Crippen LogP contribution is 2.32. The third-order valence-electron chi connectivity index (χ3n) is 2.75. The zero-order valence-electron chi connectivity index (χ0n) is 10.0. The van der Waals surface area contributed by atoms with Crippen LogP contribution in [0.5, 0.6) is 5.75 Å². The lowest BCUT2D eigenvalue weighted by molar-refractivity contribution is 0.214. The molecule has 0 aromatic heterocycles. The van der Waals surface area contributed by atoms with Crippen molar-refractivity contribution in [2.24, 2.45) is 0 Å². The van der Waals surface area contributed by atoms with Gasteiger partial charge in [-0.05, 0) is 45.8 Å². The molecule has 2 nitrogen and oxygen atoms in total. The minimum atomic E-state index is -1.02. The number of aliphatic hydroxyl groups is 1. The topological polar surface area (TPSA) is 29.5 Å². The molecule has 5 heteroatoms. The van der Waals surface area contributed by atoms with E-state index in [0.717, 1.165) is 0 Å². The molecule has 0 radical (unpaired) electrons. The summed E-state index contributed by atoms with van der Waals surface area (Å²) in [6.07, 6.45) is -1.02. The van der Waals surface area contributed by atoms with Crippen LogP contribution in [0.15, 0.2) is 45.3 Å². The van der Waals surface area contributed by atoms with Crippen molar-refractivity contribution < 1.29 is 14.2 Å². The highest BCUT2D eigenvalue weighted by atomic mass is 79.9. The predicted molar refractivity (Wildman–Crippen MR) is 78.9 cm³/mol. The fraction of sp³-hybridized carbons (Fsp3) is 0.143. The first kappa shape index (κ1) is 14.5. The molecule has 0 heterocycles. The number of hydrogen-bond donors (Lipinski definition) is 1. The van der Waals surface area contributed by atoms with Crippen molar-refractivity contribution in [3.63, 3.8) is 0 Å². The second-order valence-electron chi connectivity index (χ2n) is 3.96. The zero-order chi connectivity index (χ0) is 14.0. The van der Waals surface area contributed by atoms with Gasteiger partial charge < -0.3 is 9.84 Å². The smallest absolute Gasteiger partial charge is 0.133 e. The standard InChI is InChI=1S/C14H11Br2FO2/c1-19-13-5-2-8(6-11(13)16)14(18)10-4-3-9(15)7-12(10)17/h2-7,14,18H,1H3. The molecular weight excluding hydrogens is 379 g/mol. The second-order valence-corrected chi connectivity index (χ2v) is 5.73.